The van der Waals surface area contributed by atoms with Crippen LogP contribution in [0.3, 0.4) is 0 Å². The Hall–Kier alpha value is -2.43. The van der Waals surface area contributed by atoms with Crippen LogP contribution in [-0.4, -0.2) is 77.6 Å². The fourth-order valence-corrected chi connectivity index (χ4v) is 6.22. The maximum Gasteiger partial charge on any atom is 0.410 e. The van der Waals surface area contributed by atoms with E-state index in [1.165, 1.54) is 9.94 Å². The van der Waals surface area contributed by atoms with E-state index < -0.39 is 5.60 Å². The highest BCUT2D eigenvalue weighted by atomic mass is 32.1. The first-order valence-electron chi connectivity index (χ1n) is 12.9. The van der Waals surface area contributed by atoms with Crippen molar-refractivity contribution in [1.82, 2.24) is 14.9 Å². The van der Waals surface area contributed by atoms with E-state index in [4.69, 9.17) is 15.3 Å². The molecule has 9 nitrogen and oxygen atoms in total. The number of hydrogen-bond donors (Lipinski definition) is 1. The molecule has 0 unspecified atom stereocenters. The van der Waals surface area contributed by atoms with Gasteiger partial charge in [0.1, 0.15) is 11.4 Å². The molecule has 0 bridgehead atoms. The number of carbonyl (C=O) groups is 2. The first kappa shape index (κ1) is 26.6. The van der Waals surface area contributed by atoms with Crippen molar-refractivity contribution in [1.29, 1.82) is 0 Å². The maximum atomic E-state index is 13.1. The number of nitrogens with zero attached hydrogens (tertiary/aromatic N) is 4. The van der Waals surface area contributed by atoms with Gasteiger partial charge in [-0.3, -0.25) is 14.5 Å². The van der Waals surface area contributed by atoms with E-state index in [9.17, 15) is 9.59 Å². The zero-order valence-electron chi connectivity index (χ0n) is 22.1. The minimum Gasteiger partial charge on any atom is -0.444 e. The molecule has 0 spiro atoms. The SMILES string of the molecule is CCCN(OCC)C(=O)C1=Cc2sc(CN3C[C@@H]4CN(C(=O)OC(C)(C)C)C[C@@H]4C3)cc2N=C(N)C1. The van der Waals surface area contributed by atoms with Gasteiger partial charge >= 0.3 is 6.09 Å². The summed E-state index contributed by atoms with van der Waals surface area (Å²) in [6, 6.07) is 2.09. The summed E-state index contributed by atoms with van der Waals surface area (Å²) in [7, 11) is 0. The molecule has 2 N–H and O–H groups in total. The van der Waals surface area contributed by atoms with Gasteiger partial charge in [-0.2, -0.15) is 0 Å². The van der Waals surface area contributed by atoms with Gasteiger partial charge in [-0.1, -0.05) is 6.92 Å². The first-order valence-corrected chi connectivity index (χ1v) is 13.7. The van der Waals surface area contributed by atoms with Crippen molar-refractivity contribution >= 4 is 40.9 Å². The number of aliphatic imine (C=N–C) groups is 1. The number of amidine groups is 1. The van der Waals surface area contributed by atoms with Gasteiger partial charge in [0, 0.05) is 56.1 Å². The molecule has 10 heteroatoms. The molecule has 1 aromatic heterocycles. The fourth-order valence-electron chi connectivity index (χ4n) is 5.11. The predicted molar refractivity (Wildman–Crippen MR) is 142 cm³/mol. The van der Waals surface area contributed by atoms with Crippen molar-refractivity contribution < 1.29 is 19.2 Å². The third-order valence-electron chi connectivity index (χ3n) is 6.54. The van der Waals surface area contributed by atoms with E-state index in [1.807, 2.05) is 45.6 Å². The Labute approximate surface area is 217 Å². The van der Waals surface area contributed by atoms with Crippen LogP contribution in [-0.2, 0) is 20.9 Å². The first-order chi connectivity index (χ1) is 17.1. The van der Waals surface area contributed by atoms with Crippen LogP contribution in [0.15, 0.2) is 16.6 Å². The van der Waals surface area contributed by atoms with Crippen molar-refractivity contribution in [3.05, 3.63) is 21.4 Å². The standard InChI is InChI=1S/C26H39N5O4S/c1-6-8-31(34-7-2)24(32)17-9-22-21(28-23(27)10-17)11-20(36-22)16-29-12-18-14-30(15-19(18)13-29)25(33)35-26(3,4)5/h9,11,18-19H,6-8,10,12-16H2,1-5H3,(H2,27,28)/t18-,19+. The molecule has 0 aromatic carbocycles. The highest BCUT2D eigenvalue weighted by Gasteiger charge is 2.42. The number of fused-ring (bicyclic) bond motifs is 2. The number of amides is 2. The normalized spacial score (nSPS) is 22.0. The van der Waals surface area contributed by atoms with Gasteiger partial charge in [-0.05, 0) is 58.1 Å². The largest absolute Gasteiger partial charge is 0.444 e. The molecule has 36 heavy (non-hydrogen) atoms. The molecule has 2 amide bonds. The molecule has 198 valence electrons. The van der Waals surface area contributed by atoms with Crippen molar-refractivity contribution in [2.75, 3.05) is 39.3 Å². The molecule has 2 saturated heterocycles. The average Bonchev–Trinajstić information content (AvgIpc) is 3.42. The molecule has 2 fully saturated rings. The second-order valence-corrected chi connectivity index (χ2v) is 12.0. The summed E-state index contributed by atoms with van der Waals surface area (Å²) >= 11 is 1.66. The topological polar surface area (TPSA) is 101 Å². The van der Waals surface area contributed by atoms with Crippen molar-refractivity contribution in [2.45, 2.75) is 59.6 Å². The highest BCUT2D eigenvalue weighted by molar-refractivity contribution is 7.13. The van der Waals surface area contributed by atoms with Gasteiger partial charge in [-0.15, -0.1) is 11.3 Å². The van der Waals surface area contributed by atoms with E-state index in [0.717, 1.165) is 49.7 Å². The van der Waals surface area contributed by atoms with Crippen LogP contribution in [0, 0.1) is 11.8 Å². The lowest BCUT2D eigenvalue weighted by Gasteiger charge is -2.25. The van der Waals surface area contributed by atoms with Crippen LogP contribution >= 0.6 is 11.3 Å². The molecule has 2 atom stereocenters. The lowest BCUT2D eigenvalue weighted by Crippen LogP contribution is -2.37. The number of hydrogen-bond acceptors (Lipinski definition) is 8. The predicted octanol–water partition coefficient (Wildman–Crippen LogP) is 4.01. The smallest absolute Gasteiger partial charge is 0.410 e. The quantitative estimate of drug-likeness (QED) is 0.549. The molecule has 4 heterocycles. The fraction of sp³-hybridized carbons (Fsp3) is 0.654. The van der Waals surface area contributed by atoms with Crippen LogP contribution in [0.4, 0.5) is 10.5 Å². The van der Waals surface area contributed by atoms with Gasteiger partial charge in [-0.25, -0.2) is 14.9 Å². The van der Waals surface area contributed by atoms with E-state index in [-0.39, 0.29) is 12.0 Å². The van der Waals surface area contributed by atoms with E-state index in [2.05, 4.69) is 16.0 Å². The van der Waals surface area contributed by atoms with Crippen LogP contribution < -0.4 is 5.73 Å². The molecular formula is C26H39N5O4S. The number of ether oxygens (including phenoxy) is 1. The lowest BCUT2D eigenvalue weighted by atomic mass is 10.0. The van der Waals surface area contributed by atoms with Crippen molar-refractivity contribution in [3.63, 3.8) is 0 Å². The number of rotatable bonds is 7. The summed E-state index contributed by atoms with van der Waals surface area (Å²) in [4.78, 5) is 42.2. The number of likely N-dealkylation sites (tertiary alicyclic amines) is 2. The molecular weight excluding hydrogens is 478 g/mol. The third-order valence-corrected chi connectivity index (χ3v) is 7.59. The molecule has 1 aromatic rings. The lowest BCUT2D eigenvalue weighted by molar-refractivity contribution is -0.180. The van der Waals surface area contributed by atoms with Gasteiger partial charge in [0.05, 0.1) is 17.2 Å². The van der Waals surface area contributed by atoms with E-state index >= 15 is 0 Å². The molecule has 4 rings (SSSR count). The van der Waals surface area contributed by atoms with Gasteiger partial charge < -0.3 is 15.4 Å². The van der Waals surface area contributed by atoms with Gasteiger partial charge in [0.2, 0.25) is 0 Å². The van der Waals surface area contributed by atoms with Gasteiger partial charge in [0.25, 0.3) is 5.91 Å². The average molecular weight is 518 g/mol. The van der Waals surface area contributed by atoms with Crippen LogP contribution in [0.5, 0.6) is 0 Å². The Bertz CT molecular complexity index is 1020. The second kappa shape index (κ2) is 10.9. The monoisotopic (exact) mass is 517 g/mol. The summed E-state index contributed by atoms with van der Waals surface area (Å²) in [6.07, 6.45) is 2.84. The third kappa shape index (κ3) is 6.27. The minimum atomic E-state index is -0.472. The van der Waals surface area contributed by atoms with Crippen LogP contribution in [0.1, 0.15) is 57.2 Å². The molecule has 3 aliphatic rings. The summed E-state index contributed by atoms with van der Waals surface area (Å²) < 4.78 is 5.55. The summed E-state index contributed by atoms with van der Waals surface area (Å²) in [5.41, 5.74) is 7.14. The van der Waals surface area contributed by atoms with Crippen molar-refractivity contribution in [3.8, 4) is 0 Å². The van der Waals surface area contributed by atoms with Crippen LogP contribution in [0.25, 0.3) is 6.08 Å². The minimum absolute atomic E-state index is 0.151. The summed E-state index contributed by atoms with van der Waals surface area (Å²) in [6.45, 7) is 14.8. The van der Waals surface area contributed by atoms with E-state index in [0.29, 0.717) is 42.8 Å². The molecule has 0 radical (unpaired) electrons. The Morgan fingerprint density at radius 1 is 1.19 bits per heavy atom. The Morgan fingerprint density at radius 2 is 1.89 bits per heavy atom. The van der Waals surface area contributed by atoms with Crippen LogP contribution in [0.2, 0.25) is 0 Å². The van der Waals surface area contributed by atoms with Gasteiger partial charge in [0.15, 0.2) is 0 Å². The summed E-state index contributed by atoms with van der Waals surface area (Å²) in [5.74, 6) is 1.22. The zero-order chi connectivity index (χ0) is 26.0. The number of thiophene rings is 1. The van der Waals surface area contributed by atoms with Crippen molar-refractivity contribution in [2.24, 2.45) is 22.6 Å². The molecule has 3 aliphatic heterocycles. The zero-order valence-corrected chi connectivity index (χ0v) is 22.9. The Kier molecular flexibility index (Phi) is 8.06. The van der Waals surface area contributed by atoms with E-state index in [1.54, 1.807) is 11.3 Å². The summed E-state index contributed by atoms with van der Waals surface area (Å²) in [5, 5.41) is 1.43. The molecule has 0 saturated carbocycles. The number of hydroxylamine groups is 2. The number of nitrogens with two attached hydrogens (primary N) is 1. The Balaban J connectivity index is 1.40. The maximum absolute atomic E-state index is 13.1. The highest BCUT2D eigenvalue weighted by Crippen LogP contribution is 2.38. The second-order valence-electron chi connectivity index (χ2n) is 10.8. The Morgan fingerprint density at radius 3 is 2.50 bits per heavy atom. The number of carbonyl (C=O) groups excluding carboxylic acids is 2. The molecule has 0 aliphatic carbocycles.